The lowest BCUT2D eigenvalue weighted by Gasteiger charge is -2.35. The summed E-state index contributed by atoms with van der Waals surface area (Å²) in [7, 11) is 0. The zero-order valence-electron chi connectivity index (χ0n) is 9.39. The largest absolute Gasteiger partial charge is 0.364 e. The predicted molar refractivity (Wildman–Crippen MR) is 57.7 cm³/mol. The van der Waals surface area contributed by atoms with Crippen molar-refractivity contribution in [1.82, 2.24) is 9.80 Å². The van der Waals surface area contributed by atoms with Crippen LogP contribution in [0.15, 0.2) is 12.7 Å². The monoisotopic (exact) mass is 224 g/mol. The van der Waals surface area contributed by atoms with Crippen molar-refractivity contribution >= 4 is 11.8 Å². The summed E-state index contributed by atoms with van der Waals surface area (Å²) in [6, 6.07) is -0.0110. The number of carbonyl (C=O) groups excluding carboxylic acids is 2. The first-order valence-electron chi connectivity index (χ1n) is 5.41. The van der Waals surface area contributed by atoms with Gasteiger partial charge in [0.1, 0.15) is 6.61 Å². The zero-order chi connectivity index (χ0) is 11.7. The highest BCUT2D eigenvalue weighted by atomic mass is 16.5. The maximum absolute atomic E-state index is 11.7. The molecule has 0 spiro atoms. The molecule has 0 aromatic rings. The highest BCUT2D eigenvalue weighted by Gasteiger charge is 2.43. The van der Waals surface area contributed by atoms with Crippen LogP contribution in [-0.4, -0.2) is 60.0 Å². The summed E-state index contributed by atoms with van der Waals surface area (Å²) in [5.41, 5.74) is 0. The molecule has 2 atom stereocenters. The van der Waals surface area contributed by atoms with Gasteiger partial charge in [0.2, 0.25) is 11.8 Å². The Labute approximate surface area is 94.6 Å². The number of carbonyl (C=O) groups is 2. The van der Waals surface area contributed by atoms with E-state index in [0.717, 1.165) is 0 Å². The molecule has 2 fully saturated rings. The first-order chi connectivity index (χ1) is 7.63. The van der Waals surface area contributed by atoms with Gasteiger partial charge in [0.05, 0.1) is 12.1 Å². The lowest BCUT2D eigenvalue weighted by atomic mass is 10.1. The van der Waals surface area contributed by atoms with Crippen LogP contribution in [0.4, 0.5) is 0 Å². The van der Waals surface area contributed by atoms with Gasteiger partial charge >= 0.3 is 0 Å². The average Bonchev–Trinajstić information content (AvgIpc) is 2.66. The van der Waals surface area contributed by atoms with Gasteiger partial charge in [-0.3, -0.25) is 9.59 Å². The Morgan fingerprint density at radius 2 is 2.38 bits per heavy atom. The Kier molecular flexibility index (Phi) is 2.96. The maximum atomic E-state index is 11.7. The third-order valence-electron chi connectivity index (χ3n) is 3.15. The molecule has 0 saturated carbocycles. The highest BCUT2D eigenvalue weighted by molar-refractivity contribution is 5.79. The van der Waals surface area contributed by atoms with Crippen LogP contribution in [0.25, 0.3) is 0 Å². The molecule has 0 N–H and O–H groups in total. The molecule has 0 aromatic heterocycles. The minimum Gasteiger partial charge on any atom is -0.364 e. The molecule has 0 radical (unpaired) electrons. The SMILES string of the molecule is C=CCN1C(=O)CO[C@@H]2CN(C(C)=O)C[C@H]21. The van der Waals surface area contributed by atoms with Gasteiger partial charge in [-0.25, -0.2) is 0 Å². The lowest BCUT2D eigenvalue weighted by Crippen LogP contribution is -2.53. The van der Waals surface area contributed by atoms with Crippen LogP contribution >= 0.6 is 0 Å². The van der Waals surface area contributed by atoms with E-state index in [0.29, 0.717) is 19.6 Å². The van der Waals surface area contributed by atoms with Gasteiger partial charge in [0.15, 0.2) is 0 Å². The van der Waals surface area contributed by atoms with Crippen molar-refractivity contribution in [3.63, 3.8) is 0 Å². The van der Waals surface area contributed by atoms with Crippen molar-refractivity contribution in [2.45, 2.75) is 19.1 Å². The number of likely N-dealkylation sites (tertiary alicyclic amines) is 1. The summed E-state index contributed by atoms with van der Waals surface area (Å²) >= 11 is 0. The van der Waals surface area contributed by atoms with Crippen LogP contribution in [0.3, 0.4) is 0 Å². The van der Waals surface area contributed by atoms with Crippen LogP contribution in [0.5, 0.6) is 0 Å². The van der Waals surface area contributed by atoms with Crippen molar-refractivity contribution < 1.29 is 14.3 Å². The van der Waals surface area contributed by atoms with Crippen molar-refractivity contribution in [3.05, 3.63) is 12.7 Å². The van der Waals surface area contributed by atoms with Gasteiger partial charge in [-0.2, -0.15) is 0 Å². The van der Waals surface area contributed by atoms with Gasteiger partial charge in [-0.15, -0.1) is 6.58 Å². The topological polar surface area (TPSA) is 49.9 Å². The van der Waals surface area contributed by atoms with E-state index in [4.69, 9.17) is 4.74 Å². The molecule has 5 nitrogen and oxygen atoms in total. The summed E-state index contributed by atoms with van der Waals surface area (Å²) in [5, 5.41) is 0. The number of hydrogen-bond acceptors (Lipinski definition) is 3. The zero-order valence-corrected chi connectivity index (χ0v) is 9.39. The van der Waals surface area contributed by atoms with Crippen LogP contribution in [0, 0.1) is 0 Å². The molecule has 16 heavy (non-hydrogen) atoms. The highest BCUT2D eigenvalue weighted by Crippen LogP contribution is 2.23. The molecule has 0 aliphatic carbocycles. The van der Waals surface area contributed by atoms with Gasteiger partial charge in [0, 0.05) is 26.6 Å². The number of amides is 2. The fourth-order valence-electron chi connectivity index (χ4n) is 2.30. The molecule has 2 amide bonds. The second-order valence-electron chi connectivity index (χ2n) is 4.18. The van der Waals surface area contributed by atoms with Crippen LogP contribution in [0.2, 0.25) is 0 Å². The molecule has 2 aliphatic rings. The van der Waals surface area contributed by atoms with E-state index < -0.39 is 0 Å². The third-order valence-corrected chi connectivity index (χ3v) is 3.15. The number of fused-ring (bicyclic) bond motifs is 1. The summed E-state index contributed by atoms with van der Waals surface area (Å²) in [5.74, 6) is 0.00977. The van der Waals surface area contributed by atoms with Gasteiger partial charge in [-0.1, -0.05) is 6.08 Å². The smallest absolute Gasteiger partial charge is 0.249 e. The Bertz CT molecular complexity index is 329. The maximum Gasteiger partial charge on any atom is 0.249 e. The van der Waals surface area contributed by atoms with E-state index in [-0.39, 0.29) is 30.6 Å². The van der Waals surface area contributed by atoms with E-state index in [1.54, 1.807) is 15.9 Å². The normalized spacial score (nSPS) is 29.2. The van der Waals surface area contributed by atoms with Gasteiger partial charge in [0.25, 0.3) is 0 Å². The first-order valence-corrected chi connectivity index (χ1v) is 5.41. The summed E-state index contributed by atoms with van der Waals surface area (Å²) in [4.78, 5) is 26.4. The minimum absolute atomic E-state index is 0.0110. The molecule has 0 unspecified atom stereocenters. The van der Waals surface area contributed by atoms with E-state index in [1.807, 2.05) is 0 Å². The molecule has 2 rings (SSSR count). The summed E-state index contributed by atoms with van der Waals surface area (Å²) < 4.78 is 5.45. The molecule has 5 heteroatoms. The van der Waals surface area contributed by atoms with Crippen LogP contribution < -0.4 is 0 Å². The van der Waals surface area contributed by atoms with E-state index in [2.05, 4.69) is 6.58 Å². The number of hydrogen-bond donors (Lipinski definition) is 0. The van der Waals surface area contributed by atoms with E-state index in [9.17, 15) is 9.59 Å². The second-order valence-corrected chi connectivity index (χ2v) is 4.18. The molecular weight excluding hydrogens is 208 g/mol. The number of morpholine rings is 1. The molecule has 0 aromatic carbocycles. The Hall–Kier alpha value is -1.36. The molecule has 88 valence electrons. The van der Waals surface area contributed by atoms with E-state index in [1.165, 1.54) is 6.92 Å². The number of ether oxygens (including phenoxy) is 1. The van der Waals surface area contributed by atoms with Crippen molar-refractivity contribution in [2.24, 2.45) is 0 Å². The fourth-order valence-corrected chi connectivity index (χ4v) is 2.30. The van der Waals surface area contributed by atoms with Crippen molar-refractivity contribution in [2.75, 3.05) is 26.2 Å². The van der Waals surface area contributed by atoms with E-state index >= 15 is 0 Å². The molecule has 2 saturated heterocycles. The second kappa shape index (κ2) is 4.25. The molecule has 2 aliphatic heterocycles. The fraction of sp³-hybridized carbons (Fsp3) is 0.636. The van der Waals surface area contributed by atoms with Crippen LogP contribution in [-0.2, 0) is 14.3 Å². The van der Waals surface area contributed by atoms with Crippen molar-refractivity contribution in [3.8, 4) is 0 Å². The molecule has 0 bridgehead atoms. The summed E-state index contributed by atoms with van der Waals surface area (Å²) in [6.45, 7) is 6.97. The quantitative estimate of drug-likeness (QED) is 0.601. The summed E-state index contributed by atoms with van der Waals surface area (Å²) in [6.07, 6.45) is 1.66. The Morgan fingerprint density at radius 1 is 1.62 bits per heavy atom. The molecule has 2 heterocycles. The first kappa shape index (κ1) is 11.1. The third kappa shape index (κ3) is 1.82. The van der Waals surface area contributed by atoms with Crippen molar-refractivity contribution in [1.29, 1.82) is 0 Å². The Morgan fingerprint density at radius 3 is 3.00 bits per heavy atom. The molecular formula is C11H16N2O3. The van der Waals surface area contributed by atoms with Crippen LogP contribution in [0.1, 0.15) is 6.92 Å². The number of nitrogens with zero attached hydrogens (tertiary/aromatic N) is 2. The lowest BCUT2D eigenvalue weighted by molar-refractivity contribution is -0.151. The Balaban J connectivity index is 2.12. The van der Waals surface area contributed by atoms with Gasteiger partial charge < -0.3 is 14.5 Å². The average molecular weight is 224 g/mol. The number of rotatable bonds is 2. The van der Waals surface area contributed by atoms with Gasteiger partial charge in [-0.05, 0) is 0 Å². The predicted octanol–water partition coefficient (Wildman–Crippen LogP) is -0.369. The minimum atomic E-state index is -0.0402. The standard InChI is InChI=1S/C11H16N2O3/c1-3-4-13-9-5-12(8(2)14)6-10(9)16-7-11(13)15/h3,9-10H,1,4-7H2,2H3/t9-,10-/m1/s1.